The summed E-state index contributed by atoms with van der Waals surface area (Å²) in [5.74, 6) is 0.663. The smallest absolute Gasteiger partial charge is 0.310 e. The first-order chi connectivity index (χ1) is 8.68. The van der Waals surface area contributed by atoms with Crippen LogP contribution in [0.3, 0.4) is 0 Å². The van der Waals surface area contributed by atoms with Crippen LogP contribution in [0.5, 0.6) is 0 Å². The van der Waals surface area contributed by atoms with Crippen LogP contribution in [0.25, 0.3) is 0 Å². The van der Waals surface area contributed by atoms with E-state index in [1.54, 1.807) is 12.1 Å². The molecule has 98 valence electrons. The molecule has 1 aromatic carbocycles. The van der Waals surface area contributed by atoms with Gasteiger partial charge in [0.25, 0.3) is 0 Å². The third-order valence-electron chi connectivity index (χ3n) is 3.20. The zero-order valence-electron chi connectivity index (χ0n) is 9.99. The van der Waals surface area contributed by atoms with E-state index in [1.807, 2.05) is 0 Å². The van der Waals surface area contributed by atoms with Crippen molar-refractivity contribution in [1.29, 1.82) is 0 Å². The zero-order valence-corrected chi connectivity index (χ0v) is 10.7. The number of hydrogen-bond acceptors (Lipinski definition) is 4. The lowest BCUT2D eigenvalue weighted by atomic mass is 10.1. The zero-order chi connectivity index (χ0) is 13.0. The van der Waals surface area contributed by atoms with Crippen LogP contribution < -0.4 is 10.6 Å². The van der Waals surface area contributed by atoms with E-state index in [1.165, 1.54) is 12.5 Å². The van der Waals surface area contributed by atoms with E-state index in [-0.39, 0.29) is 10.7 Å². The van der Waals surface area contributed by atoms with E-state index < -0.39 is 4.92 Å². The summed E-state index contributed by atoms with van der Waals surface area (Å²) in [4.78, 5) is 10.5. The van der Waals surface area contributed by atoms with E-state index in [4.69, 9.17) is 11.6 Å². The third-order valence-corrected chi connectivity index (χ3v) is 3.50. The Balaban J connectivity index is 1.96. The van der Waals surface area contributed by atoms with E-state index >= 15 is 0 Å². The Hall–Kier alpha value is -1.33. The van der Waals surface area contributed by atoms with E-state index in [2.05, 4.69) is 10.6 Å². The monoisotopic (exact) mass is 269 g/mol. The lowest BCUT2D eigenvalue weighted by molar-refractivity contribution is -0.383. The van der Waals surface area contributed by atoms with Gasteiger partial charge >= 0.3 is 5.69 Å². The molecule has 1 aliphatic rings. The predicted octanol–water partition coefficient (Wildman–Crippen LogP) is 2.66. The molecule has 2 rings (SSSR count). The highest BCUT2D eigenvalue weighted by molar-refractivity contribution is 6.33. The molecular weight excluding hydrogens is 254 g/mol. The quantitative estimate of drug-likeness (QED) is 0.637. The summed E-state index contributed by atoms with van der Waals surface area (Å²) in [7, 11) is 0. The van der Waals surface area contributed by atoms with Crippen molar-refractivity contribution < 1.29 is 4.92 Å². The molecular formula is C12H16ClN3O2. The van der Waals surface area contributed by atoms with Gasteiger partial charge in [0, 0.05) is 6.54 Å². The molecule has 0 spiro atoms. The summed E-state index contributed by atoms with van der Waals surface area (Å²) < 4.78 is 0. The molecule has 0 bridgehead atoms. The second-order valence-corrected chi connectivity index (χ2v) is 4.87. The molecule has 6 heteroatoms. The van der Waals surface area contributed by atoms with Gasteiger partial charge in [0.2, 0.25) is 0 Å². The van der Waals surface area contributed by atoms with Crippen molar-refractivity contribution in [2.75, 3.05) is 25.0 Å². The van der Waals surface area contributed by atoms with Gasteiger partial charge in [-0.1, -0.05) is 17.7 Å². The molecule has 18 heavy (non-hydrogen) atoms. The predicted molar refractivity (Wildman–Crippen MR) is 72.2 cm³/mol. The molecule has 0 aromatic heterocycles. The number of halogens is 1. The van der Waals surface area contributed by atoms with Gasteiger partial charge in [0.05, 0.1) is 4.92 Å². The lowest BCUT2D eigenvalue weighted by Gasteiger charge is -2.10. The topological polar surface area (TPSA) is 67.2 Å². The first-order valence-corrected chi connectivity index (χ1v) is 6.44. The van der Waals surface area contributed by atoms with E-state index in [0.717, 1.165) is 26.1 Å². The SMILES string of the molecule is O=[N+]([O-])c1c(Cl)cccc1NCCC1CCNC1. The molecule has 5 nitrogen and oxygen atoms in total. The molecule has 1 saturated heterocycles. The summed E-state index contributed by atoms with van der Waals surface area (Å²) in [6, 6.07) is 4.94. The molecule has 1 heterocycles. The summed E-state index contributed by atoms with van der Waals surface area (Å²) in [6.07, 6.45) is 2.19. The molecule has 1 unspecified atom stereocenters. The van der Waals surface area contributed by atoms with Gasteiger partial charge in [0.15, 0.2) is 0 Å². The molecule has 0 amide bonds. The maximum absolute atomic E-state index is 10.9. The molecule has 0 aliphatic carbocycles. The van der Waals surface area contributed by atoms with Crippen LogP contribution >= 0.6 is 11.6 Å². The molecule has 1 aliphatic heterocycles. The van der Waals surface area contributed by atoms with Crippen molar-refractivity contribution in [3.63, 3.8) is 0 Å². The summed E-state index contributed by atoms with van der Waals surface area (Å²) in [6.45, 7) is 2.84. The van der Waals surface area contributed by atoms with Crippen molar-refractivity contribution in [2.24, 2.45) is 5.92 Å². The highest BCUT2D eigenvalue weighted by Gasteiger charge is 2.19. The van der Waals surface area contributed by atoms with Gasteiger partial charge in [0.1, 0.15) is 10.7 Å². The summed E-state index contributed by atoms with van der Waals surface area (Å²) in [5.41, 5.74) is 0.460. The molecule has 0 radical (unpaired) electrons. The fourth-order valence-electron chi connectivity index (χ4n) is 2.22. The van der Waals surface area contributed by atoms with Crippen LogP contribution in [-0.4, -0.2) is 24.6 Å². The number of nitrogens with zero attached hydrogens (tertiary/aromatic N) is 1. The van der Waals surface area contributed by atoms with Gasteiger partial charge < -0.3 is 10.6 Å². The minimum atomic E-state index is -0.443. The fraction of sp³-hybridized carbons (Fsp3) is 0.500. The number of nitro groups is 1. The van der Waals surface area contributed by atoms with Gasteiger partial charge in [-0.05, 0) is 44.0 Å². The maximum atomic E-state index is 10.9. The van der Waals surface area contributed by atoms with Crippen molar-refractivity contribution in [1.82, 2.24) is 5.32 Å². The van der Waals surface area contributed by atoms with Crippen molar-refractivity contribution in [3.05, 3.63) is 33.3 Å². The van der Waals surface area contributed by atoms with Crippen molar-refractivity contribution in [2.45, 2.75) is 12.8 Å². The Kier molecular flexibility index (Phi) is 4.38. The fourth-order valence-corrected chi connectivity index (χ4v) is 2.46. The molecule has 1 aromatic rings. The van der Waals surface area contributed by atoms with Gasteiger partial charge in [-0.25, -0.2) is 0 Å². The number of rotatable bonds is 5. The average molecular weight is 270 g/mol. The highest BCUT2D eigenvalue weighted by atomic mass is 35.5. The molecule has 1 atom stereocenters. The number of nitro benzene ring substituents is 1. The molecule has 2 N–H and O–H groups in total. The first-order valence-electron chi connectivity index (χ1n) is 6.06. The molecule has 0 saturated carbocycles. The number of hydrogen-bond donors (Lipinski definition) is 2. The van der Waals surface area contributed by atoms with Crippen LogP contribution in [0, 0.1) is 16.0 Å². The lowest BCUT2D eigenvalue weighted by Crippen LogP contribution is -2.13. The van der Waals surface area contributed by atoms with E-state index in [0.29, 0.717) is 11.6 Å². The third kappa shape index (κ3) is 3.11. The Morgan fingerprint density at radius 1 is 1.56 bits per heavy atom. The van der Waals surface area contributed by atoms with Crippen molar-refractivity contribution >= 4 is 23.0 Å². The number of para-hydroxylation sites is 1. The van der Waals surface area contributed by atoms with E-state index in [9.17, 15) is 10.1 Å². The van der Waals surface area contributed by atoms with Crippen LogP contribution in [0.15, 0.2) is 18.2 Å². The minimum Gasteiger partial charge on any atom is -0.379 e. The Bertz CT molecular complexity index is 433. The van der Waals surface area contributed by atoms with Gasteiger partial charge in [-0.2, -0.15) is 0 Å². The summed E-state index contributed by atoms with van der Waals surface area (Å²) in [5, 5.41) is 17.5. The maximum Gasteiger partial charge on any atom is 0.310 e. The van der Waals surface area contributed by atoms with Crippen LogP contribution in [0.2, 0.25) is 5.02 Å². The minimum absolute atomic E-state index is 0.0382. The number of nitrogens with one attached hydrogen (secondary N) is 2. The van der Waals surface area contributed by atoms with Crippen LogP contribution in [-0.2, 0) is 0 Å². The number of anilines is 1. The van der Waals surface area contributed by atoms with Crippen molar-refractivity contribution in [3.8, 4) is 0 Å². The first kappa shape index (κ1) is 13.1. The van der Waals surface area contributed by atoms with Crippen LogP contribution in [0.1, 0.15) is 12.8 Å². The normalized spacial score (nSPS) is 18.8. The summed E-state index contributed by atoms with van der Waals surface area (Å²) >= 11 is 5.84. The van der Waals surface area contributed by atoms with Gasteiger partial charge in [-0.15, -0.1) is 0 Å². The standard InChI is InChI=1S/C12H16ClN3O2/c13-10-2-1-3-11(12(10)16(17)18)15-7-5-9-4-6-14-8-9/h1-3,9,14-15H,4-8H2. The Morgan fingerprint density at radius 3 is 3.06 bits per heavy atom. The van der Waals surface area contributed by atoms with Gasteiger partial charge in [-0.3, -0.25) is 10.1 Å². The average Bonchev–Trinajstić information content (AvgIpc) is 2.81. The second-order valence-electron chi connectivity index (χ2n) is 4.47. The Morgan fingerprint density at radius 2 is 2.39 bits per heavy atom. The molecule has 1 fully saturated rings. The Labute approximate surface area is 111 Å². The highest BCUT2D eigenvalue weighted by Crippen LogP contribution is 2.32. The number of benzene rings is 1. The second kappa shape index (κ2) is 6.02. The largest absolute Gasteiger partial charge is 0.379 e. The van der Waals surface area contributed by atoms with Crippen LogP contribution in [0.4, 0.5) is 11.4 Å².